The molecule has 2 N–H and O–H groups in total. The normalized spacial score (nSPS) is 18.0. The Labute approximate surface area is 138 Å². The summed E-state index contributed by atoms with van der Waals surface area (Å²) < 4.78 is 1.58. The summed E-state index contributed by atoms with van der Waals surface area (Å²) in [5.41, 5.74) is 6.94. The van der Waals surface area contributed by atoms with Crippen LogP contribution in [-0.4, -0.2) is 39.7 Å². The third-order valence-electron chi connectivity index (χ3n) is 3.90. The molecule has 7 heteroatoms. The molecule has 1 aromatic carbocycles. The second-order valence-corrected chi connectivity index (χ2v) is 6.14. The molecule has 2 aromatic rings. The summed E-state index contributed by atoms with van der Waals surface area (Å²) >= 11 is 12.1. The molecule has 3 rings (SSSR count). The molecule has 1 saturated heterocycles. The van der Waals surface area contributed by atoms with Crippen LogP contribution in [0.25, 0.3) is 5.69 Å². The van der Waals surface area contributed by atoms with Gasteiger partial charge in [0.25, 0.3) is 5.91 Å². The number of hydrogen-bond donors (Lipinski definition) is 1. The summed E-state index contributed by atoms with van der Waals surface area (Å²) in [6, 6.07) is 5.27. The number of hydrogen-bond acceptors (Lipinski definition) is 3. The summed E-state index contributed by atoms with van der Waals surface area (Å²) in [4.78, 5) is 14.4. The van der Waals surface area contributed by atoms with E-state index >= 15 is 0 Å². The van der Waals surface area contributed by atoms with E-state index < -0.39 is 0 Å². The number of aromatic nitrogens is 2. The van der Waals surface area contributed by atoms with Gasteiger partial charge in [-0.2, -0.15) is 5.10 Å². The molecule has 1 fully saturated rings. The Balaban J connectivity index is 1.86. The monoisotopic (exact) mass is 338 g/mol. The zero-order valence-corrected chi connectivity index (χ0v) is 13.4. The van der Waals surface area contributed by atoms with Crippen molar-refractivity contribution >= 4 is 29.1 Å². The van der Waals surface area contributed by atoms with E-state index in [9.17, 15) is 4.79 Å². The van der Waals surface area contributed by atoms with Crippen molar-refractivity contribution in [1.29, 1.82) is 0 Å². The van der Waals surface area contributed by atoms with Gasteiger partial charge in [0.2, 0.25) is 0 Å². The van der Waals surface area contributed by atoms with E-state index in [1.165, 1.54) is 0 Å². The average molecular weight is 339 g/mol. The van der Waals surface area contributed by atoms with Crippen LogP contribution in [0.4, 0.5) is 0 Å². The van der Waals surface area contributed by atoms with Crippen LogP contribution in [0.3, 0.4) is 0 Å². The Kier molecular flexibility index (Phi) is 4.38. The minimum absolute atomic E-state index is 0.0377. The lowest BCUT2D eigenvalue weighted by atomic mass is 10.2. The molecule has 0 radical (unpaired) electrons. The maximum Gasteiger partial charge on any atom is 0.257 e. The molecule has 5 nitrogen and oxygen atoms in total. The highest BCUT2D eigenvalue weighted by atomic mass is 35.5. The van der Waals surface area contributed by atoms with Gasteiger partial charge in [0.1, 0.15) is 0 Å². The molecule has 22 heavy (non-hydrogen) atoms. The first-order chi connectivity index (χ1) is 10.6. The van der Waals surface area contributed by atoms with E-state index in [0.29, 0.717) is 27.8 Å². The third-order valence-corrected chi connectivity index (χ3v) is 4.43. The van der Waals surface area contributed by atoms with Crippen LogP contribution in [0.2, 0.25) is 10.0 Å². The molecular weight excluding hydrogens is 323 g/mol. The van der Waals surface area contributed by atoms with Crippen molar-refractivity contribution in [3.05, 3.63) is 46.2 Å². The molecule has 1 amide bonds. The molecule has 116 valence electrons. The van der Waals surface area contributed by atoms with Crippen LogP contribution >= 0.6 is 23.2 Å². The number of benzene rings is 1. The molecule has 1 aromatic heterocycles. The Morgan fingerprint density at radius 2 is 2.23 bits per heavy atom. The van der Waals surface area contributed by atoms with Crippen LogP contribution in [0.1, 0.15) is 23.2 Å². The first-order valence-electron chi connectivity index (χ1n) is 7.11. The number of carbonyl (C=O) groups excluding carboxylic acids is 1. The van der Waals surface area contributed by atoms with Crippen molar-refractivity contribution in [3.8, 4) is 5.69 Å². The van der Waals surface area contributed by atoms with E-state index in [1.54, 1.807) is 35.3 Å². The van der Waals surface area contributed by atoms with Crippen molar-refractivity contribution in [2.75, 3.05) is 13.1 Å². The lowest BCUT2D eigenvalue weighted by molar-refractivity contribution is 0.0741. The van der Waals surface area contributed by atoms with Crippen LogP contribution in [0, 0.1) is 0 Å². The number of likely N-dealkylation sites (tertiary alicyclic amines) is 1. The first-order valence-corrected chi connectivity index (χ1v) is 7.87. The SMILES string of the molecule is NCC1CCCN1C(=O)c1cnn(-c2ccc(Cl)cc2Cl)c1. The minimum Gasteiger partial charge on any atom is -0.334 e. The van der Waals surface area contributed by atoms with E-state index in [2.05, 4.69) is 5.10 Å². The van der Waals surface area contributed by atoms with Crippen molar-refractivity contribution in [2.24, 2.45) is 5.73 Å². The van der Waals surface area contributed by atoms with E-state index in [4.69, 9.17) is 28.9 Å². The van der Waals surface area contributed by atoms with Crippen molar-refractivity contribution in [2.45, 2.75) is 18.9 Å². The lowest BCUT2D eigenvalue weighted by Gasteiger charge is -2.22. The molecule has 0 bridgehead atoms. The van der Waals surface area contributed by atoms with Gasteiger partial charge >= 0.3 is 0 Å². The smallest absolute Gasteiger partial charge is 0.257 e. The van der Waals surface area contributed by atoms with Crippen LogP contribution in [-0.2, 0) is 0 Å². The van der Waals surface area contributed by atoms with Gasteiger partial charge in [-0.1, -0.05) is 23.2 Å². The van der Waals surface area contributed by atoms with E-state index in [-0.39, 0.29) is 11.9 Å². The van der Waals surface area contributed by atoms with Crippen molar-refractivity contribution in [3.63, 3.8) is 0 Å². The van der Waals surface area contributed by atoms with Gasteiger partial charge in [-0.05, 0) is 31.0 Å². The van der Waals surface area contributed by atoms with E-state index in [0.717, 1.165) is 19.4 Å². The molecule has 0 spiro atoms. The number of nitrogens with two attached hydrogens (primary N) is 1. The fraction of sp³-hybridized carbons (Fsp3) is 0.333. The summed E-state index contributed by atoms with van der Waals surface area (Å²) in [5.74, 6) is -0.0377. The largest absolute Gasteiger partial charge is 0.334 e. The lowest BCUT2D eigenvalue weighted by Crippen LogP contribution is -2.39. The topological polar surface area (TPSA) is 64.2 Å². The summed E-state index contributed by atoms with van der Waals surface area (Å²) in [5, 5.41) is 5.27. The van der Waals surface area contributed by atoms with Crippen LogP contribution in [0.15, 0.2) is 30.6 Å². The van der Waals surface area contributed by atoms with Gasteiger partial charge in [-0.15, -0.1) is 0 Å². The minimum atomic E-state index is -0.0377. The number of halogens is 2. The van der Waals surface area contributed by atoms with E-state index in [1.807, 2.05) is 4.90 Å². The molecule has 1 aliphatic rings. The zero-order chi connectivity index (χ0) is 15.7. The fourth-order valence-electron chi connectivity index (χ4n) is 2.75. The van der Waals surface area contributed by atoms with Gasteiger partial charge in [-0.3, -0.25) is 4.79 Å². The molecule has 1 atom stereocenters. The number of carbonyl (C=O) groups is 1. The number of amides is 1. The molecule has 2 heterocycles. The maximum absolute atomic E-state index is 12.6. The Morgan fingerprint density at radius 1 is 1.41 bits per heavy atom. The number of rotatable bonds is 3. The highest BCUT2D eigenvalue weighted by molar-refractivity contribution is 6.35. The maximum atomic E-state index is 12.6. The fourth-order valence-corrected chi connectivity index (χ4v) is 3.24. The van der Waals surface area contributed by atoms with Crippen LogP contribution < -0.4 is 5.73 Å². The predicted molar refractivity (Wildman–Crippen MR) is 86.7 cm³/mol. The quantitative estimate of drug-likeness (QED) is 0.935. The van der Waals surface area contributed by atoms with Gasteiger partial charge in [-0.25, -0.2) is 4.68 Å². The standard InChI is InChI=1S/C15H16Cl2N4O/c16-11-3-4-14(13(17)6-11)21-9-10(8-19-21)15(22)20-5-1-2-12(20)7-18/h3-4,6,8-9,12H,1-2,5,7,18H2. The Hall–Kier alpha value is -1.56. The van der Waals surface area contributed by atoms with Crippen molar-refractivity contribution in [1.82, 2.24) is 14.7 Å². The highest BCUT2D eigenvalue weighted by Gasteiger charge is 2.29. The number of nitrogens with zero attached hydrogens (tertiary/aromatic N) is 3. The van der Waals surface area contributed by atoms with Crippen molar-refractivity contribution < 1.29 is 4.79 Å². The molecule has 1 unspecified atom stereocenters. The van der Waals surface area contributed by atoms with Gasteiger partial charge in [0.05, 0.1) is 22.5 Å². The predicted octanol–water partition coefficient (Wildman–Crippen LogP) is 2.74. The molecule has 0 aliphatic carbocycles. The Bertz CT molecular complexity index is 701. The summed E-state index contributed by atoms with van der Waals surface area (Å²) in [7, 11) is 0. The second kappa shape index (κ2) is 6.28. The van der Waals surface area contributed by atoms with Gasteiger partial charge < -0.3 is 10.6 Å². The zero-order valence-electron chi connectivity index (χ0n) is 11.9. The molecular formula is C15H16Cl2N4O. The average Bonchev–Trinajstić information content (AvgIpc) is 3.15. The summed E-state index contributed by atoms with van der Waals surface area (Å²) in [6.45, 7) is 1.23. The van der Waals surface area contributed by atoms with Crippen LogP contribution in [0.5, 0.6) is 0 Å². The summed E-state index contributed by atoms with van der Waals surface area (Å²) in [6.07, 6.45) is 5.19. The first kappa shape index (κ1) is 15.3. The Morgan fingerprint density at radius 3 is 2.95 bits per heavy atom. The molecule has 0 saturated carbocycles. The highest BCUT2D eigenvalue weighted by Crippen LogP contribution is 2.25. The second-order valence-electron chi connectivity index (χ2n) is 5.30. The van der Waals surface area contributed by atoms with Gasteiger partial charge in [0, 0.05) is 30.4 Å². The third kappa shape index (κ3) is 2.84. The van der Waals surface area contributed by atoms with Gasteiger partial charge in [0.15, 0.2) is 0 Å². The molecule has 1 aliphatic heterocycles.